The quantitative estimate of drug-likeness (QED) is 0.893. The summed E-state index contributed by atoms with van der Waals surface area (Å²) in [5, 5.41) is 12.3. The SMILES string of the molecule is Cc1ccc(Br)cc1NC(C(=O)O)C1CC1. The third-order valence-electron chi connectivity index (χ3n) is 2.87. The van der Waals surface area contributed by atoms with Gasteiger partial charge in [0.25, 0.3) is 0 Å². The second-order valence-corrected chi connectivity index (χ2v) is 5.17. The average Bonchev–Trinajstić information content (AvgIpc) is 3.02. The van der Waals surface area contributed by atoms with Crippen molar-refractivity contribution in [3.63, 3.8) is 0 Å². The molecule has 3 nitrogen and oxygen atoms in total. The number of nitrogens with one attached hydrogen (secondary N) is 1. The molecule has 1 saturated carbocycles. The van der Waals surface area contributed by atoms with Crippen LogP contribution < -0.4 is 5.32 Å². The minimum Gasteiger partial charge on any atom is -0.480 e. The van der Waals surface area contributed by atoms with Gasteiger partial charge in [-0.25, -0.2) is 4.79 Å². The van der Waals surface area contributed by atoms with Gasteiger partial charge in [0, 0.05) is 10.2 Å². The molecule has 4 heteroatoms. The number of rotatable bonds is 4. The molecule has 16 heavy (non-hydrogen) atoms. The van der Waals surface area contributed by atoms with Crippen LogP contribution in [0.3, 0.4) is 0 Å². The topological polar surface area (TPSA) is 49.3 Å². The zero-order chi connectivity index (χ0) is 11.7. The van der Waals surface area contributed by atoms with E-state index in [2.05, 4.69) is 21.2 Å². The van der Waals surface area contributed by atoms with Gasteiger partial charge in [-0.3, -0.25) is 0 Å². The highest BCUT2D eigenvalue weighted by Gasteiger charge is 2.36. The molecule has 1 aromatic carbocycles. The van der Waals surface area contributed by atoms with Crippen molar-refractivity contribution in [1.82, 2.24) is 0 Å². The molecular weight excluding hydrogens is 270 g/mol. The fraction of sp³-hybridized carbons (Fsp3) is 0.417. The van der Waals surface area contributed by atoms with Gasteiger partial charge in [-0.2, -0.15) is 0 Å². The van der Waals surface area contributed by atoms with Crippen LogP contribution in [0.15, 0.2) is 22.7 Å². The number of carboxylic acid groups (broad SMARTS) is 1. The van der Waals surface area contributed by atoms with E-state index in [0.29, 0.717) is 0 Å². The Hall–Kier alpha value is -1.03. The van der Waals surface area contributed by atoms with E-state index in [1.54, 1.807) is 0 Å². The Morgan fingerprint density at radius 3 is 2.81 bits per heavy atom. The van der Waals surface area contributed by atoms with E-state index in [9.17, 15) is 4.79 Å². The number of aliphatic carboxylic acids is 1. The lowest BCUT2D eigenvalue weighted by Crippen LogP contribution is -2.31. The van der Waals surface area contributed by atoms with Crippen molar-refractivity contribution < 1.29 is 9.90 Å². The molecule has 1 aromatic rings. The Morgan fingerprint density at radius 2 is 2.25 bits per heavy atom. The summed E-state index contributed by atoms with van der Waals surface area (Å²) >= 11 is 3.39. The van der Waals surface area contributed by atoms with Gasteiger partial charge in [0.2, 0.25) is 0 Å². The largest absolute Gasteiger partial charge is 0.480 e. The second-order valence-electron chi connectivity index (χ2n) is 4.26. The predicted molar refractivity (Wildman–Crippen MR) is 66.6 cm³/mol. The maximum Gasteiger partial charge on any atom is 0.326 e. The van der Waals surface area contributed by atoms with Gasteiger partial charge in [-0.15, -0.1) is 0 Å². The molecule has 0 aliphatic heterocycles. The normalized spacial score (nSPS) is 16.9. The maximum absolute atomic E-state index is 11.1. The van der Waals surface area contributed by atoms with Crippen LogP contribution in [0.2, 0.25) is 0 Å². The highest BCUT2D eigenvalue weighted by molar-refractivity contribution is 9.10. The van der Waals surface area contributed by atoms with Gasteiger partial charge in [0.1, 0.15) is 6.04 Å². The van der Waals surface area contributed by atoms with Crippen molar-refractivity contribution in [2.24, 2.45) is 5.92 Å². The Kier molecular flexibility index (Phi) is 3.19. The van der Waals surface area contributed by atoms with Gasteiger partial charge >= 0.3 is 5.97 Å². The molecule has 0 aromatic heterocycles. The molecular formula is C12H14BrNO2. The molecule has 1 aliphatic rings. The Labute approximate surface area is 103 Å². The van der Waals surface area contributed by atoms with Crippen molar-refractivity contribution in [3.05, 3.63) is 28.2 Å². The first kappa shape index (κ1) is 11.5. The second kappa shape index (κ2) is 4.45. The van der Waals surface area contributed by atoms with Crippen LogP contribution in [-0.4, -0.2) is 17.1 Å². The van der Waals surface area contributed by atoms with Crippen LogP contribution in [0, 0.1) is 12.8 Å². The fourth-order valence-electron chi connectivity index (χ4n) is 1.73. The molecule has 2 rings (SSSR count). The van der Waals surface area contributed by atoms with Gasteiger partial charge in [-0.1, -0.05) is 22.0 Å². The van der Waals surface area contributed by atoms with E-state index in [-0.39, 0.29) is 5.92 Å². The number of hydrogen-bond acceptors (Lipinski definition) is 2. The first-order valence-corrected chi connectivity index (χ1v) is 6.12. The van der Waals surface area contributed by atoms with Gasteiger partial charge < -0.3 is 10.4 Å². The predicted octanol–water partition coefficient (Wildman–Crippen LogP) is 3.03. The van der Waals surface area contributed by atoms with E-state index >= 15 is 0 Å². The van der Waals surface area contributed by atoms with Gasteiger partial charge in [0.15, 0.2) is 0 Å². The molecule has 1 atom stereocenters. The number of hydrogen-bond donors (Lipinski definition) is 2. The summed E-state index contributed by atoms with van der Waals surface area (Å²) in [7, 11) is 0. The molecule has 86 valence electrons. The van der Waals surface area contributed by atoms with E-state index in [1.807, 2.05) is 25.1 Å². The first-order chi connectivity index (χ1) is 7.58. The standard InChI is InChI=1S/C12H14BrNO2/c1-7-2-5-9(13)6-10(7)14-11(12(15)16)8-3-4-8/h2,5-6,8,11,14H,3-4H2,1H3,(H,15,16). The van der Waals surface area contributed by atoms with Crippen molar-refractivity contribution in [2.75, 3.05) is 5.32 Å². The van der Waals surface area contributed by atoms with Crippen LogP contribution in [-0.2, 0) is 4.79 Å². The van der Waals surface area contributed by atoms with Gasteiger partial charge in [0.05, 0.1) is 0 Å². The minimum absolute atomic E-state index is 0.288. The van der Waals surface area contributed by atoms with Crippen molar-refractivity contribution >= 4 is 27.6 Å². The van der Waals surface area contributed by atoms with Crippen LogP contribution >= 0.6 is 15.9 Å². The Balaban J connectivity index is 2.17. The van der Waals surface area contributed by atoms with Crippen LogP contribution in [0.4, 0.5) is 5.69 Å². The highest BCUT2D eigenvalue weighted by atomic mass is 79.9. The van der Waals surface area contributed by atoms with Crippen molar-refractivity contribution in [3.8, 4) is 0 Å². The van der Waals surface area contributed by atoms with Crippen LogP contribution in [0.5, 0.6) is 0 Å². The number of halogens is 1. The third-order valence-corrected chi connectivity index (χ3v) is 3.36. The Morgan fingerprint density at radius 1 is 1.56 bits per heavy atom. The minimum atomic E-state index is -0.762. The van der Waals surface area contributed by atoms with E-state index in [0.717, 1.165) is 28.6 Å². The number of aryl methyl sites for hydroxylation is 1. The summed E-state index contributed by atoms with van der Waals surface area (Å²) in [5.41, 5.74) is 1.96. The molecule has 2 N–H and O–H groups in total. The van der Waals surface area contributed by atoms with E-state index in [1.165, 1.54) is 0 Å². The summed E-state index contributed by atoms with van der Waals surface area (Å²) in [4.78, 5) is 11.1. The summed E-state index contributed by atoms with van der Waals surface area (Å²) in [6, 6.07) is 5.40. The summed E-state index contributed by atoms with van der Waals surface area (Å²) in [5.74, 6) is -0.474. The lowest BCUT2D eigenvalue weighted by atomic mass is 10.1. The number of carbonyl (C=O) groups is 1. The number of benzene rings is 1. The maximum atomic E-state index is 11.1. The molecule has 1 unspecified atom stereocenters. The zero-order valence-corrected chi connectivity index (χ0v) is 10.6. The fourth-order valence-corrected chi connectivity index (χ4v) is 2.09. The van der Waals surface area contributed by atoms with Gasteiger partial charge in [-0.05, 0) is 43.4 Å². The highest BCUT2D eigenvalue weighted by Crippen LogP contribution is 2.35. The molecule has 1 aliphatic carbocycles. The summed E-state index contributed by atoms with van der Waals surface area (Å²) in [6.45, 7) is 1.97. The van der Waals surface area contributed by atoms with Crippen molar-refractivity contribution in [1.29, 1.82) is 0 Å². The molecule has 0 spiro atoms. The van der Waals surface area contributed by atoms with Crippen LogP contribution in [0.25, 0.3) is 0 Å². The molecule has 0 heterocycles. The van der Waals surface area contributed by atoms with Crippen LogP contribution in [0.1, 0.15) is 18.4 Å². The third kappa shape index (κ3) is 2.55. The molecule has 0 bridgehead atoms. The molecule has 0 saturated heterocycles. The lowest BCUT2D eigenvalue weighted by Gasteiger charge is -2.17. The first-order valence-electron chi connectivity index (χ1n) is 5.33. The Bertz CT molecular complexity index is 415. The number of anilines is 1. The zero-order valence-electron chi connectivity index (χ0n) is 9.03. The molecule has 0 amide bonds. The summed E-state index contributed by atoms with van der Waals surface area (Å²) in [6.07, 6.45) is 2.02. The smallest absolute Gasteiger partial charge is 0.326 e. The number of carboxylic acids is 1. The lowest BCUT2D eigenvalue weighted by molar-refractivity contribution is -0.138. The molecule has 0 radical (unpaired) electrons. The van der Waals surface area contributed by atoms with E-state index in [4.69, 9.17) is 5.11 Å². The van der Waals surface area contributed by atoms with Crippen molar-refractivity contribution in [2.45, 2.75) is 25.8 Å². The van der Waals surface area contributed by atoms with E-state index < -0.39 is 12.0 Å². The average molecular weight is 284 g/mol. The molecule has 1 fully saturated rings. The summed E-state index contributed by atoms with van der Waals surface area (Å²) < 4.78 is 0.959. The monoisotopic (exact) mass is 283 g/mol.